The monoisotopic (exact) mass is 599 g/mol. The fourth-order valence-corrected chi connectivity index (χ4v) is 5.72. The van der Waals surface area contributed by atoms with Crippen LogP contribution >= 0.6 is 0 Å². The Morgan fingerprint density at radius 2 is 1.56 bits per heavy atom. The number of anilines is 1. The van der Waals surface area contributed by atoms with Gasteiger partial charge in [-0.1, -0.05) is 50.2 Å². The van der Waals surface area contributed by atoms with Crippen molar-refractivity contribution in [3.63, 3.8) is 0 Å². The van der Waals surface area contributed by atoms with Crippen LogP contribution in [-0.2, 0) is 4.79 Å². The third kappa shape index (κ3) is 9.10. The van der Waals surface area contributed by atoms with Gasteiger partial charge in [-0.05, 0) is 72.3 Å². The highest BCUT2D eigenvalue weighted by Crippen LogP contribution is 2.28. The van der Waals surface area contributed by atoms with E-state index < -0.39 is 12.1 Å². The second-order valence-electron chi connectivity index (χ2n) is 11.8. The zero-order chi connectivity index (χ0) is 31.0. The second kappa shape index (κ2) is 14.1. The van der Waals surface area contributed by atoms with Crippen LogP contribution in [0.15, 0.2) is 66.7 Å². The number of hydrogen-bond donors (Lipinski definition) is 1. The number of halogens is 3. The Hall–Kier alpha value is -3.79. The fourth-order valence-electron chi connectivity index (χ4n) is 5.72. The normalized spacial score (nSPS) is 17.2. The maximum absolute atomic E-state index is 13.2. The minimum Gasteiger partial charge on any atom is -0.494 e. The van der Waals surface area contributed by atoms with Crippen molar-refractivity contribution < 1.29 is 32.6 Å². The molecule has 0 unspecified atom stereocenters. The summed E-state index contributed by atoms with van der Waals surface area (Å²) in [7, 11) is 0. The number of piperazine rings is 1. The summed E-state index contributed by atoms with van der Waals surface area (Å²) in [5, 5.41) is 9.27. The lowest BCUT2D eigenvalue weighted by atomic mass is 9.84. The molecule has 2 aliphatic rings. The summed E-state index contributed by atoms with van der Waals surface area (Å²) >= 11 is 0. The number of nitrogens with zero attached hydrogens (tertiary/aromatic N) is 3. The van der Waals surface area contributed by atoms with Gasteiger partial charge in [-0.25, -0.2) is 4.79 Å². The molecule has 0 saturated carbocycles. The first-order valence-electron chi connectivity index (χ1n) is 14.7. The van der Waals surface area contributed by atoms with Crippen LogP contribution < -0.4 is 9.64 Å². The third-order valence-electron chi connectivity index (χ3n) is 7.90. The van der Waals surface area contributed by atoms with Crippen molar-refractivity contribution in [2.45, 2.75) is 39.3 Å². The van der Waals surface area contributed by atoms with Gasteiger partial charge < -0.3 is 24.5 Å². The largest absolute Gasteiger partial charge is 0.494 e. The molecule has 3 aromatic carbocycles. The van der Waals surface area contributed by atoms with Crippen LogP contribution in [0.4, 0.5) is 18.9 Å². The number of amides is 1. The molecule has 1 amide bonds. The van der Waals surface area contributed by atoms with Crippen molar-refractivity contribution in [2.75, 3.05) is 57.3 Å². The first-order valence-corrected chi connectivity index (χ1v) is 14.7. The fraction of sp³-hybridized carbons (Fsp3) is 0.455. The Morgan fingerprint density at radius 3 is 2.21 bits per heavy atom. The van der Waals surface area contributed by atoms with Crippen molar-refractivity contribution in [2.24, 2.45) is 5.41 Å². The van der Waals surface area contributed by atoms with Gasteiger partial charge in [0.2, 0.25) is 0 Å². The van der Waals surface area contributed by atoms with Crippen LogP contribution in [-0.4, -0.2) is 85.4 Å². The number of likely N-dealkylation sites (tertiary alicyclic amines) is 1. The van der Waals surface area contributed by atoms with E-state index in [1.165, 1.54) is 31.6 Å². The number of rotatable bonds is 7. The number of hydrogen-bond acceptors (Lipinski definition) is 5. The van der Waals surface area contributed by atoms with Gasteiger partial charge in [0, 0.05) is 50.5 Å². The molecule has 0 radical (unpaired) electrons. The molecule has 2 fully saturated rings. The van der Waals surface area contributed by atoms with Gasteiger partial charge in [-0.3, -0.25) is 4.79 Å². The average molecular weight is 600 g/mol. The number of carboxylic acids is 1. The van der Waals surface area contributed by atoms with Crippen LogP contribution in [0.2, 0.25) is 0 Å². The lowest BCUT2D eigenvalue weighted by molar-refractivity contribution is -0.192. The first kappa shape index (κ1) is 32.1. The van der Waals surface area contributed by atoms with E-state index in [1.807, 2.05) is 35.2 Å². The second-order valence-corrected chi connectivity index (χ2v) is 11.8. The molecule has 43 heavy (non-hydrogen) atoms. The first-order chi connectivity index (χ1) is 20.4. The molecule has 0 atom stereocenters. The maximum atomic E-state index is 13.2. The standard InChI is InChI=1S/C31H39N3O2.C2HF3O2/c1-31(2)16-6-17-32(24-31)18-7-23-36-27-14-12-26(13-15-27)33-19-21-34(22-20-33)30(35)29-11-5-9-25-8-3-4-10-28(25)29;3-2(4,5)1(6)7/h3-5,8-15H,6-7,16-24H2,1-2H3;(H,6,7). The van der Waals surface area contributed by atoms with E-state index in [0.29, 0.717) is 5.41 Å². The van der Waals surface area contributed by atoms with Crippen molar-refractivity contribution >= 4 is 28.3 Å². The minimum absolute atomic E-state index is 0.128. The number of carbonyl (C=O) groups excluding carboxylic acids is 1. The van der Waals surface area contributed by atoms with E-state index in [4.69, 9.17) is 14.6 Å². The molecule has 3 aromatic rings. The smallest absolute Gasteiger partial charge is 0.490 e. The van der Waals surface area contributed by atoms with Gasteiger partial charge in [-0.2, -0.15) is 13.2 Å². The number of aliphatic carboxylic acids is 1. The predicted octanol–water partition coefficient (Wildman–Crippen LogP) is 6.33. The lowest BCUT2D eigenvalue weighted by Crippen LogP contribution is -2.48. The van der Waals surface area contributed by atoms with Crippen LogP contribution in [0.25, 0.3) is 10.8 Å². The number of carbonyl (C=O) groups is 2. The predicted molar refractivity (Wildman–Crippen MR) is 162 cm³/mol. The van der Waals surface area contributed by atoms with Crippen LogP contribution in [0.3, 0.4) is 0 Å². The van der Waals surface area contributed by atoms with Gasteiger partial charge in [0.05, 0.1) is 6.61 Å². The molecule has 2 heterocycles. The lowest BCUT2D eigenvalue weighted by Gasteiger charge is -2.38. The van der Waals surface area contributed by atoms with Gasteiger partial charge >= 0.3 is 12.1 Å². The van der Waals surface area contributed by atoms with Gasteiger partial charge in [0.1, 0.15) is 5.75 Å². The van der Waals surface area contributed by atoms with Crippen LogP contribution in [0.5, 0.6) is 5.75 Å². The Bertz CT molecular complexity index is 1360. The maximum Gasteiger partial charge on any atom is 0.490 e. The number of alkyl halides is 3. The van der Waals surface area contributed by atoms with E-state index in [-0.39, 0.29) is 5.91 Å². The minimum atomic E-state index is -5.08. The average Bonchev–Trinajstić information content (AvgIpc) is 2.98. The summed E-state index contributed by atoms with van der Waals surface area (Å²) in [6.07, 6.45) is -1.38. The molecule has 0 bridgehead atoms. The van der Waals surface area contributed by atoms with Gasteiger partial charge in [0.15, 0.2) is 0 Å². The summed E-state index contributed by atoms with van der Waals surface area (Å²) in [4.78, 5) is 29.1. The number of piperidine rings is 1. The van der Waals surface area contributed by atoms with E-state index >= 15 is 0 Å². The molecule has 7 nitrogen and oxygen atoms in total. The zero-order valence-electron chi connectivity index (χ0n) is 24.8. The topological polar surface area (TPSA) is 73.3 Å². The Balaban J connectivity index is 0.000000541. The summed E-state index contributed by atoms with van der Waals surface area (Å²) < 4.78 is 37.8. The Kier molecular flexibility index (Phi) is 10.6. The number of benzene rings is 3. The van der Waals surface area contributed by atoms with Crippen molar-refractivity contribution in [1.29, 1.82) is 0 Å². The molecular formula is C33H40F3N3O4. The molecular weight excluding hydrogens is 559 g/mol. The van der Waals surface area contributed by atoms with Crippen molar-refractivity contribution in [3.8, 4) is 5.75 Å². The van der Waals surface area contributed by atoms with E-state index in [1.54, 1.807) is 0 Å². The summed E-state index contributed by atoms with van der Waals surface area (Å²) in [5.41, 5.74) is 2.44. The molecule has 2 aliphatic heterocycles. The highest BCUT2D eigenvalue weighted by atomic mass is 19.4. The molecule has 1 N–H and O–H groups in total. The van der Waals surface area contributed by atoms with E-state index in [0.717, 1.165) is 67.8 Å². The van der Waals surface area contributed by atoms with Gasteiger partial charge in [0.25, 0.3) is 5.91 Å². The van der Waals surface area contributed by atoms with E-state index in [9.17, 15) is 18.0 Å². The molecule has 0 aromatic heterocycles. The quantitative estimate of drug-likeness (QED) is 0.320. The highest BCUT2D eigenvalue weighted by Gasteiger charge is 2.38. The Morgan fingerprint density at radius 1 is 0.907 bits per heavy atom. The summed E-state index contributed by atoms with van der Waals surface area (Å²) in [5.74, 6) is -1.70. The SMILES string of the molecule is CC1(C)CCCN(CCCOc2ccc(N3CCN(C(=O)c4cccc5ccccc45)CC3)cc2)C1.O=C(O)C(F)(F)F. The Labute approximate surface area is 250 Å². The van der Waals surface area contributed by atoms with Crippen molar-refractivity contribution in [3.05, 3.63) is 72.3 Å². The van der Waals surface area contributed by atoms with Crippen molar-refractivity contribution in [1.82, 2.24) is 9.80 Å². The molecule has 2 saturated heterocycles. The molecule has 0 aliphatic carbocycles. The van der Waals surface area contributed by atoms with Crippen LogP contribution in [0, 0.1) is 5.41 Å². The molecule has 5 rings (SSSR count). The molecule has 0 spiro atoms. The van der Waals surface area contributed by atoms with E-state index in [2.05, 4.69) is 60.0 Å². The molecule has 10 heteroatoms. The van der Waals surface area contributed by atoms with Gasteiger partial charge in [-0.15, -0.1) is 0 Å². The highest BCUT2D eigenvalue weighted by molar-refractivity contribution is 6.07. The summed E-state index contributed by atoms with van der Waals surface area (Å²) in [6.45, 7) is 12.2. The summed E-state index contributed by atoms with van der Waals surface area (Å²) in [6, 6.07) is 22.5. The number of ether oxygens (including phenoxy) is 1. The number of fused-ring (bicyclic) bond motifs is 1. The van der Waals surface area contributed by atoms with Crippen LogP contribution in [0.1, 0.15) is 43.5 Å². The zero-order valence-corrected chi connectivity index (χ0v) is 24.8. The number of carboxylic acid groups (broad SMARTS) is 1. The molecule has 232 valence electrons. The third-order valence-corrected chi connectivity index (χ3v) is 7.90.